The van der Waals surface area contributed by atoms with Gasteiger partial charge < -0.3 is 10.2 Å². The van der Waals surface area contributed by atoms with Crippen LogP contribution in [0.1, 0.15) is 39.5 Å². The van der Waals surface area contributed by atoms with E-state index >= 15 is 0 Å². The molecule has 1 aliphatic carbocycles. The van der Waals surface area contributed by atoms with Gasteiger partial charge in [-0.25, -0.2) is 0 Å². The van der Waals surface area contributed by atoms with Crippen LogP contribution in [0.5, 0.6) is 0 Å². The van der Waals surface area contributed by atoms with E-state index in [0.29, 0.717) is 24.9 Å². The largest absolute Gasteiger partial charge is 0.356 e. The van der Waals surface area contributed by atoms with Gasteiger partial charge in [-0.15, -0.1) is 0 Å². The van der Waals surface area contributed by atoms with E-state index in [1.807, 2.05) is 11.9 Å². The van der Waals surface area contributed by atoms with Crippen molar-refractivity contribution in [1.82, 2.24) is 10.2 Å². The molecule has 1 saturated carbocycles. The fourth-order valence-corrected chi connectivity index (χ4v) is 1.80. The minimum Gasteiger partial charge on any atom is -0.356 e. The molecule has 16 heavy (non-hydrogen) atoms. The van der Waals surface area contributed by atoms with Gasteiger partial charge in [-0.3, -0.25) is 9.59 Å². The van der Waals surface area contributed by atoms with E-state index in [-0.39, 0.29) is 11.8 Å². The topological polar surface area (TPSA) is 49.4 Å². The number of amides is 2. The molecule has 1 N–H and O–H groups in total. The first-order chi connectivity index (χ1) is 7.52. The van der Waals surface area contributed by atoms with Crippen LogP contribution < -0.4 is 5.32 Å². The van der Waals surface area contributed by atoms with Crippen molar-refractivity contribution in [1.29, 1.82) is 0 Å². The van der Waals surface area contributed by atoms with Crippen LogP contribution in [0.3, 0.4) is 0 Å². The van der Waals surface area contributed by atoms with Gasteiger partial charge in [-0.05, 0) is 32.1 Å². The zero-order chi connectivity index (χ0) is 12.1. The molecule has 1 fully saturated rings. The van der Waals surface area contributed by atoms with E-state index in [1.54, 1.807) is 0 Å². The highest BCUT2D eigenvalue weighted by atomic mass is 16.2. The predicted molar refractivity (Wildman–Crippen MR) is 62.9 cm³/mol. The molecule has 1 aliphatic rings. The molecule has 92 valence electrons. The number of carbonyl (C=O) groups excluding carboxylic acids is 2. The van der Waals surface area contributed by atoms with Crippen LogP contribution >= 0.6 is 0 Å². The third-order valence-corrected chi connectivity index (χ3v) is 3.25. The van der Waals surface area contributed by atoms with Crippen molar-refractivity contribution in [3.8, 4) is 0 Å². The molecule has 1 atom stereocenters. The van der Waals surface area contributed by atoms with Crippen molar-refractivity contribution >= 4 is 11.8 Å². The van der Waals surface area contributed by atoms with Crippen LogP contribution in [0, 0.1) is 5.92 Å². The first-order valence-corrected chi connectivity index (χ1v) is 6.02. The average molecular weight is 226 g/mol. The molecule has 0 spiro atoms. The van der Waals surface area contributed by atoms with Crippen molar-refractivity contribution in [2.45, 2.75) is 45.6 Å². The lowest BCUT2D eigenvalue weighted by molar-refractivity contribution is -0.132. The highest BCUT2D eigenvalue weighted by molar-refractivity contribution is 5.76. The normalized spacial score (nSPS) is 16.7. The Morgan fingerprint density at radius 3 is 2.56 bits per heavy atom. The summed E-state index contributed by atoms with van der Waals surface area (Å²) < 4.78 is 0. The number of nitrogens with one attached hydrogen (secondary N) is 1. The monoisotopic (exact) mass is 226 g/mol. The highest BCUT2D eigenvalue weighted by Gasteiger charge is 2.32. The van der Waals surface area contributed by atoms with E-state index in [9.17, 15) is 9.59 Å². The molecule has 0 aliphatic heterocycles. The van der Waals surface area contributed by atoms with Gasteiger partial charge in [-0.1, -0.05) is 0 Å². The lowest BCUT2D eigenvalue weighted by Crippen LogP contribution is -2.36. The minimum atomic E-state index is -0.0350. The second-order valence-electron chi connectivity index (χ2n) is 4.67. The summed E-state index contributed by atoms with van der Waals surface area (Å²) in [5, 5.41) is 2.69. The minimum absolute atomic E-state index is 0.0350. The molecule has 1 rings (SSSR count). The Morgan fingerprint density at radius 2 is 2.06 bits per heavy atom. The Balaban J connectivity index is 2.15. The first kappa shape index (κ1) is 13.0. The highest BCUT2D eigenvalue weighted by Crippen LogP contribution is 2.34. The molecule has 0 radical (unpaired) electrons. The molecular weight excluding hydrogens is 204 g/mol. The summed E-state index contributed by atoms with van der Waals surface area (Å²) in [6.45, 7) is 4.19. The fourth-order valence-electron chi connectivity index (χ4n) is 1.80. The molecule has 0 bridgehead atoms. The third kappa shape index (κ3) is 4.21. The maximum absolute atomic E-state index is 11.8. The van der Waals surface area contributed by atoms with E-state index < -0.39 is 0 Å². The average Bonchev–Trinajstić information content (AvgIpc) is 3.05. The van der Waals surface area contributed by atoms with Gasteiger partial charge in [0.1, 0.15) is 0 Å². The maximum Gasteiger partial charge on any atom is 0.222 e. The van der Waals surface area contributed by atoms with Crippen molar-refractivity contribution in [2.75, 3.05) is 13.6 Å². The molecule has 0 saturated heterocycles. The van der Waals surface area contributed by atoms with Crippen LogP contribution in [0.4, 0.5) is 0 Å². The van der Waals surface area contributed by atoms with E-state index in [0.717, 1.165) is 6.42 Å². The summed E-state index contributed by atoms with van der Waals surface area (Å²) in [5.41, 5.74) is 0. The lowest BCUT2D eigenvalue weighted by atomic mass is 10.1. The van der Waals surface area contributed by atoms with Gasteiger partial charge in [0.2, 0.25) is 11.8 Å². The third-order valence-electron chi connectivity index (χ3n) is 3.25. The molecule has 4 heteroatoms. The van der Waals surface area contributed by atoms with Crippen molar-refractivity contribution < 1.29 is 9.59 Å². The number of nitrogens with zero attached hydrogens (tertiary/aromatic N) is 1. The SMILES string of the molecule is CC(=O)NCCCC(=O)N(C)C(C)C1CC1. The first-order valence-electron chi connectivity index (χ1n) is 6.02. The Hall–Kier alpha value is -1.06. The number of hydrogen-bond donors (Lipinski definition) is 1. The molecular formula is C12H22N2O2. The zero-order valence-electron chi connectivity index (χ0n) is 10.5. The molecule has 0 heterocycles. The van der Waals surface area contributed by atoms with Crippen molar-refractivity contribution in [3.63, 3.8) is 0 Å². The summed E-state index contributed by atoms with van der Waals surface area (Å²) in [5.74, 6) is 0.862. The van der Waals surface area contributed by atoms with Crippen LogP contribution in [0.15, 0.2) is 0 Å². The van der Waals surface area contributed by atoms with Gasteiger partial charge in [0.05, 0.1) is 0 Å². The molecule has 0 aromatic heterocycles. The zero-order valence-corrected chi connectivity index (χ0v) is 10.5. The van der Waals surface area contributed by atoms with Gasteiger partial charge in [0.25, 0.3) is 0 Å². The quantitative estimate of drug-likeness (QED) is 0.691. The van der Waals surface area contributed by atoms with Crippen molar-refractivity contribution in [2.24, 2.45) is 5.92 Å². The Bertz CT molecular complexity index is 262. The van der Waals surface area contributed by atoms with Gasteiger partial charge in [0.15, 0.2) is 0 Å². The van der Waals surface area contributed by atoms with Crippen LogP contribution in [0.25, 0.3) is 0 Å². The standard InChI is InChI=1S/C12H22N2O2/c1-9(11-6-7-11)14(3)12(16)5-4-8-13-10(2)15/h9,11H,4-8H2,1-3H3,(H,13,15). The van der Waals surface area contributed by atoms with E-state index in [2.05, 4.69) is 12.2 Å². The predicted octanol–water partition coefficient (Wildman–Crippen LogP) is 1.16. The maximum atomic E-state index is 11.8. The number of carbonyl (C=O) groups is 2. The molecule has 0 aromatic carbocycles. The van der Waals surface area contributed by atoms with Crippen molar-refractivity contribution in [3.05, 3.63) is 0 Å². The number of hydrogen-bond acceptors (Lipinski definition) is 2. The van der Waals surface area contributed by atoms with Gasteiger partial charge in [-0.2, -0.15) is 0 Å². The van der Waals surface area contributed by atoms with Crippen LogP contribution in [-0.4, -0.2) is 36.3 Å². The lowest BCUT2D eigenvalue weighted by Gasteiger charge is -2.24. The molecule has 4 nitrogen and oxygen atoms in total. The Labute approximate surface area is 97.4 Å². The summed E-state index contributed by atoms with van der Waals surface area (Å²) >= 11 is 0. The molecule has 2 amide bonds. The van der Waals surface area contributed by atoms with Crippen LogP contribution in [-0.2, 0) is 9.59 Å². The smallest absolute Gasteiger partial charge is 0.222 e. The summed E-state index contributed by atoms with van der Waals surface area (Å²) in [4.78, 5) is 24.2. The van der Waals surface area contributed by atoms with E-state index in [4.69, 9.17) is 0 Å². The summed E-state index contributed by atoms with van der Waals surface area (Å²) in [6.07, 6.45) is 3.75. The molecule has 0 aromatic rings. The van der Waals surface area contributed by atoms with Gasteiger partial charge in [0, 0.05) is 33.0 Å². The molecule has 1 unspecified atom stereocenters. The van der Waals surface area contributed by atoms with Crippen LogP contribution in [0.2, 0.25) is 0 Å². The second kappa shape index (κ2) is 5.87. The Morgan fingerprint density at radius 1 is 1.44 bits per heavy atom. The fraction of sp³-hybridized carbons (Fsp3) is 0.833. The number of rotatable bonds is 6. The van der Waals surface area contributed by atoms with Gasteiger partial charge >= 0.3 is 0 Å². The summed E-state index contributed by atoms with van der Waals surface area (Å²) in [6, 6.07) is 0.369. The van der Waals surface area contributed by atoms with E-state index in [1.165, 1.54) is 19.8 Å². The second-order valence-corrected chi connectivity index (χ2v) is 4.67. The summed E-state index contributed by atoms with van der Waals surface area (Å²) in [7, 11) is 1.88. The Kier molecular flexibility index (Phi) is 4.77.